The second-order valence-electron chi connectivity index (χ2n) is 5.39. The van der Waals surface area contributed by atoms with Crippen molar-refractivity contribution in [2.45, 2.75) is 33.2 Å². The number of rotatable bonds is 6. The van der Waals surface area contributed by atoms with Gasteiger partial charge in [-0.3, -0.25) is 9.69 Å². The molecule has 0 saturated carbocycles. The van der Waals surface area contributed by atoms with Crippen LogP contribution in [0.2, 0.25) is 0 Å². The maximum absolute atomic E-state index is 12.1. The van der Waals surface area contributed by atoms with Crippen molar-refractivity contribution < 1.29 is 4.79 Å². The zero-order valence-corrected chi connectivity index (χ0v) is 12.4. The van der Waals surface area contributed by atoms with Gasteiger partial charge in [0, 0.05) is 17.8 Å². The fourth-order valence-corrected chi connectivity index (χ4v) is 1.96. The smallest absolute Gasteiger partial charge is 0.238 e. The lowest BCUT2D eigenvalue weighted by Gasteiger charge is -2.36. The van der Waals surface area contributed by atoms with E-state index in [9.17, 15) is 4.79 Å². The molecular weight excluding hydrogens is 238 g/mol. The molecule has 0 radical (unpaired) electrons. The maximum Gasteiger partial charge on any atom is 0.238 e. The number of anilines is 1. The van der Waals surface area contributed by atoms with E-state index < -0.39 is 0 Å². The lowest BCUT2D eigenvalue weighted by atomic mass is 10.0. The summed E-state index contributed by atoms with van der Waals surface area (Å²) in [4.78, 5) is 14.2. The minimum atomic E-state index is -0.169. The molecule has 1 amide bonds. The lowest BCUT2D eigenvalue weighted by Crippen LogP contribution is -2.51. The van der Waals surface area contributed by atoms with E-state index in [2.05, 4.69) is 24.1 Å². The molecule has 0 atom stereocenters. The largest absolute Gasteiger partial charge is 0.329 e. The van der Waals surface area contributed by atoms with Gasteiger partial charge in [-0.2, -0.15) is 0 Å². The fraction of sp³-hybridized carbons (Fsp3) is 0.533. The van der Waals surface area contributed by atoms with Gasteiger partial charge in [-0.25, -0.2) is 0 Å². The van der Waals surface area contributed by atoms with Gasteiger partial charge in [-0.05, 0) is 38.9 Å². The molecule has 3 N–H and O–H groups in total. The van der Waals surface area contributed by atoms with Crippen LogP contribution in [0.1, 0.15) is 26.3 Å². The summed E-state index contributed by atoms with van der Waals surface area (Å²) < 4.78 is 0. The number of para-hydroxylation sites is 1. The van der Waals surface area contributed by atoms with E-state index in [0.29, 0.717) is 13.1 Å². The van der Waals surface area contributed by atoms with Crippen LogP contribution in [0.3, 0.4) is 0 Å². The summed E-state index contributed by atoms with van der Waals surface area (Å²) in [6, 6.07) is 7.78. The van der Waals surface area contributed by atoms with Gasteiger partial charge in [-0.15, -0.1) is 0 Å². The van der Waals surface area contributed by atoms with Crippen molar-refractivity contribution in [3.05, 3.63) is 29.8 Å². The molecule has 0 fully saturated rings. The summed E-state index contributed by atoms with van der Waals surface area (Å²) in [5.41, 5.74) is 7.53. The van der Waals surface area contributed by atoms with Crippen LogP contribution in [0, 0.1) is 6.92 Å². The zero-order valence-electron chi connectivity index (χ0n) is 12.4. The monoisotopic (exact) mass is 263 g/mol. The van der Waals surface area contributed by atoms with Gasteiger partial charge in [-0.1, -0.05) is 25.1 Å². The van der Waals surface area contributed by atoms with Crippen molar-refractivity contribution in [2.24, 2.45) is 5.73 Å². The van der Waals surface area contributed by atoms with Crippen LogP contribution in [0.5, 0.6) is 0 Å². The van der Waals surface area contributed by atoms with E-state index in [-0.39, 0.29) is 11.4 Å². The van der Waals surface area contributed by atoms with E-state index in [1.165, 1.54) is 0 Å². The number of nitrogens with one attached hydrogen (secondary N) is 1. The molecule has 4 heteroatoms. The van der Waals surface area contributed by atoms with Crippen molar-refractivity contribution in [1.29, 1.82) is 0 Å². The molecule has 0 heterocycles. The molecule has 0 aliphatic rings. The van der Waals surface area contributed by atoms with Crippen LogP contribution >= 0.6 is 0 Å². The predicted molar refractivity (Wildman–Crippen MR) is 80.2 cm³/mol. The first-order chi connectivity index (χ1) is 8.90. The molecule has 4 nitrogen and oxygen atoms in total. The van der Waals surface area contributed by atoms with Crippen LogP contribution in [0.4, 0.5) is 5.69 Å². The summed E-state index contributed by atoms with van der Waals surface area (Å²) in [5.74, 6) is -0.00215. The fourth-order valence-electron chi connectivity index (χ4n) is 1.96. The molecule has 0 saturated heterocycles. The molecule has 1 rings (SSSR count). The van der Waals surface area contributed by atoms with Crippen molar-refractivity contribution >= 4 is 11.6 Å². The number of carbonyl (C=O) groups excluding carboxylic acids is 1. The molecule has 106 valence electrons. The molecular formula is C15H25N3O. The Morgan fingerprint density at radius 2 is 2.00 bits per heavy atom. The Bertz CT molecular complexity index is 429. The van der Waals surface area contributed by atoms with Gasteiger partial charge in [0.1, 0.15) is 0 Å². The number of aryl methyl sites for hydroxylation is 1. The summed E-state index contributed by atoms with van der Waals surface area (Å²) in [5, 5.41) is 2.95. The Kier molecular flexibility index (Phi) is 5.51. The van der Waals surface area contributed by atoms with E-state index in [4.69, 9.17) is 5.73 Å². The topological polar surface area (TPSA) is 58.4 Å². The Balaban J connectivity index is 2.67. The second-order valence-corrected chi connectivity index (χ2v) is 5.39. The van der Waals surface area contributed by atoms with Crippen molar-refractivity contribution in [3.63, 3.8) is 0 Å². The standard InChI is InChI=1S/C15H25N3O/c1-5-18(15(3,4)11-16)10-14(19)17-13-9-7-6-8-12(13)2/h6-9H,5,10-11,16H2,1-4H3,(H,17,19). The molecule has 0 aliphatic carbocycles. The van der Waals surface area contributed by atoms with Crippen LogP contribution in [-0.4, -0.2) is 36.0 Å². The van der Waals surface area contributed by atoms with Gasteiger partial charge < -0.3 is 11.1 Å². The molecule has 0 bridgehead atoms. The van der Waals surface area contributed by atoms with Crippen molar-refractivity contribution in [3.8, 4) is 0 Å². The highest BCUT2D eigenvalue weighted by atomic mass is 16.2. The summed E-state index contributed by atoms with van der Waals surface area (Å²) in [6.07, 6.45) is 0. The normalized spacial score (nSPS) is 11.7. The van der Waals surface area contributed by atoms with E-state index in [1.54, 1.807) is 0 Å². The van der Waals surface area contributed by atoms with Gasteiger partial charge >= 0.3 is 0 Å². The average Bonchev–Trinajstić information content (AvgIpc) is 2.38. The predicted octanol–water partition coefficient (Wildman–Crippen LogP) is 1.99. The minimum absolute atomic E-state index is 0.00215. The first-order valence-corrected chi connectivity index (χ1v) is 6.71. The Morgan fingerprint density at radius 1 is 1.37 bits per heavy atom. The number of amides is 1. The SMILES string of the molecule is CCN(CC(=O)Nc1ccccc1C)C(C)(C)CN. The Labute approximate surface area is 116 Å². The third kappa shape index (κ3) is 4.33. The molecule has 19 heavy (non-hydrogen) atoms. The molecule has 0 spiro atoms. The molecule has 0 aromatic heterocycles. The van der Waals surface area contributed by atoms with E-state index in [1.807, 2.05) is 38.1 Å². The summed E-state index contributed by atoms with van der Waals surface area (Å²) in [6.45, 7) is 9.81. The first kappa shape index (κ1) is 15.7. The number of hydrogen-bond acceptors (Lipinski definition) is 3. The summed E-state index contributed by atoms with van der Waals surface area (Å²) in [7, 11) is 0. The highest BCUT2D eigenvalue weighted by Gasteiger charge is 2.25. The number of likely N-dealkylation sites (N-methyl/N-ethyl adjacent to an activating group) is 1. The third-order valence-electron chi connectivity index (χ3n) is 3.49. The van der Waals surface area contributed by atoms with E-state index in [0.717, 1.165) is 17.8 Å². The third-order valence-corrected chi connectivity index (χ3v) is 3.49. The van der Waals surface area contributed by atoms with Crippen molar-refractivity contribution in [2.75, 3.05) is 25.0 Å². The van der Waals surface area contributed by atoms with Crippen LogP contribution < -0.4 is 11.1 Å². The number of nitrogens with two attached hydrogens (primary N) is 1. The highest BCUT2D eigenvalue weighted by molar-refractivity contribution is 5.93. The number of nitrogens with zero attached hydrogens (tertiary/aromatic N) is 1. The highest BCUT2D eigenvalue weighted by Crippen LogP contribution is 2.15. The Hall–Kier alpha value is -1.39. The van der Waals surface area contributed by atoms with Crippen molar-refractivity contribution in [1.82, 2.24) is 4.90 Å². The lowest BCUT2D eigenvalue weighted by molar-refractivity contribution is -0.118. The molecule has 1 aromatic carbocycles. The summed E-state index contributed by atoms with van der Waals surface area (Å²) >= 11 is 0. The maximum atomic E-state index is 12.1. The zero-order chi connectivity index (χ0) is 14.5. The van der Waals surface area contributed by atoms with Gasteiger partial charge in [0.2, 0.25) is 5.91 Å². The van der Waals surface area contributed by atoms with E-state index >= 15 is 0 Å². The van der Waals surface area contributed by atoms with Gasteiger partial charge in [0.05, 0.1) is 6.54 Å². The number of benzene rings is 1. The number of carbonyl (C=O) groups is 1. The average molecular weight is 263 g/mol. The number of hydrogen-bond donors (Lipinski definition) is 2. The molecule has 0 unspecified atom stereocenters. The van der Waals surface area contributed by atoms with Crippen LogP contribution in [-0.2, 0) is 4.79 Å². The Morgan fingerprint density at radius 3 is 2.53 bits per heavy atom. The van der Waals surface area contributed by atoms with Crippen LogP contribution in [0.15, 0.2) is 24.3 Å². The van der Waals surface area contributed by atoms with Gasteiger partial charge in [0.25, 0.3) is 0 Å². The first-order valence-electron chi connectivity index (χ1n) is 6.71. The van der Waals surface area contributed by atoms with Crippen LogP contribution in [0.25, 0.3) is 0 Å². The minimum Gasteiger partial charge on any atom is -0.329 e. The molecule has 0 aliphatic heterocycles. The van der Waals surface area contributed by atoms with Gasteiger partial charge in [0.15, 0.2) is 0 Å². The molecule has 1 aromatic rings. The quantitative estimate of drug-likeness (QED) is 0.825. The second kappa shape index (κ2) is 6.68.